The van der Waals surface area contributed by atoms with E-state index in [4.69, 9.17) is 0 Å². The SMILES string of the molecule is C=NN(CC)/N=N\CNC(C)=O. The van der Waals surface area contributed by atoms with Crippen LogP contribution in [0.2, 0.25) is 0 Å². The molecule has 1 amide bonds. The van der Waals surface area contributed by atoms with Gasteiger partial charge in [-0.25, -0.2) is 0 Å². The second-order valence-electron chi connectivity index (χ2n) is 1.95. The minimum Gasteiger partial charge on any atom is -0.335 e. The standard InChI is InChI=1S/C6H13N5O/c1-4-11(7-3)10-9-5-8-6(2)12/h3-5H2,1-2H3,(H,8,12)/b10-9-. The zero-order chi connectivity index (χ0) is 9.40. The average molecular weight is 171 g/mol. The zero-order valence-corrected chi connectivity index (χ0v) is 7.32. The van der Waals surface area contributed by atoms with Crippen LogP contribution in [0.15, 0.2) is 15.4 Å². The molecule has 0 rings (SSSR count). The van der Waals surface area contributed by atoms with Gasteiger partial charge >= 0.3 is 0 Å². The van der Waals surface area contributed by atoms with E-state index in [0.717, 1.165) is 0 Å². The fourth-order valence-electron chi connectivity index (χ4n) is 0.443. The Labute approximate surface area is 71.3 Å². The van der Waals surface area contributed by atoms with Crippen LogP contribution in [-0.2, 0) is 4.79 Å². The molecule has 0 aromatic carbocycles. The third-order valence-electron chi connectivity index (χ3n) is 1.01. The Hall–Kier alpha value is -1.46. The molecule has 0 radical (unpaired) electrons. The topological polar surface area (TPSA) is 69.4 Å². The minimum absolute atomic E-state index is 0.136. The fourth-order valence-corrected chi connectivity index (χ4v) is 0.443. The maximum absolute atomic E-state index is 10.4. The van der Waals surface area contributed by atoms with Crippen LogP contribution >= 0.6 is 0 Å². The Morgan fingerprint density at radius 1 is 1.67 bits per heavy atom. The van der Waals surface area contributed by atoms with Crippen LogP contribution in [0.5, 0.6) is 0 Å². The van der Waals surface area contributed by atoms with Gasteiger partial charge in [-0.15, -0.1) is 5.11 Å². The Balaban J connectivity index is 3.59. The summed E-state index contributed by atoms with van der Waals surface area (Å²) in [5.41, 5.74) is 0. The largest absolute Gasteiger partial charge is 0.335 e. The summed E-state index contributed by atoms with van der Waals surface area (Å²) in [6.07, 6.45) is 0. The van der Waals surface area contributed by atoms with Crippen molar-refractivity contribution in [3.05, 3.63) is 0 Å². The Bertz CT molecular complexity index is 179. The monoisotopic (exact) mass is 171 g/mol. The highest BCUT2D eigenvalue weighted by molar-refractivity contribution is 5.72. The molecule has 0 aliphatic heterocycles. The molecule has 6 nitrogen and oxygen atoms in total. The number of carbonyl (C=O) groups excluding carboxylic acids is 1. The lowest BCUT2D eigenvalue weighted by atomic mass is 10.7. The number of amides is 1. The fraction of sp³-hybridized carbons (Fsp3) is 0.667. The highest BCUT2D eigenvalue weighted by atomic mass is 16.1. The molecule has 0 fully saturated rings. The predicted octanol–water partition coefficient (Wildman–Crippen LogP) is 0.385. The highest BCUT2D eigenvalue weighted by Crippen LogP contribution is 1.88. The molecule has 0 saturated carbocycles. The van der Waals surface area contributed by atoms with Gasteiger partial charge in [0.1, 0.15) is 6.67 Å². The molecule has 12 heavy (non-hydrogen) atoms. The van der Waals surface area contributed by atoms with Crippen LogP contribution in [0.1, 0.15) is 13.8 Å². The van der Waals surface area contributed by atoms with Crippen molar-refractivity contribution in [2.45, 2.75) is 13.8 Å². The van der Waals surface area contributed by atoms with E-state index < -0.39 is 0 Å². The Kier molecular flexibility index (Phi) is 5.50. The molecular formula is C6H13N5O. The van der Waals surface area contributed by atoms with Crippen molar-refractivity contribution in [1.29, 1.82) is 0 Å². The second-order valence-corrected chi connectivity index (χ2v) is 1.95. The molecular weight excluding hydrogens is 158 g/mol. The smallest absolute Gasteiger partial charge is 0.218 e. The number of hydrogen-bond donors (Lipinski definition) is 1. The average Bonchev–Trinajstić information content (AvgIpc) is 2.04. The molecule has 0 aromatic heterocycles. The second kappa shape index (κ2) is 6.26. The van der Waals surface area contributed by atoms with Crippen molar-refractivity contribution in [1.82, 2.24) is 10.4 Å². The van der Waals surface area contributed by atoms with Crippen LogP contribution in [0.3, 0.4) is 0 Å². The lowest BCUT2D eigenvalue weighted by Crippen LogP contribution is -2.19. The summed E-state index contributed by atoms with van der Waals surface area (Å²) in [5, 5.41) is 14.6. The van der Waals surface area contributed by atoms with Crippen LogP contribution in [0, 0.1) is 0 Å². The van der Waals surface area contributed by atoms with Crippen molar-refractivity contribution in [2.24, 2.45) is 15.4 Å². The molecule has 68 valence electrons. The number of nitrogens with one attached hydrogen (secondary N) is 1. The quantitative estimate of drug-likeness (QED) is 0.369. The van der Waals surface area contributed by atoms with Gasteiger partial charge in [0.15, 0.2) is 0 Å². The lowest BCUT2D eigenvalue weighted by molar-refractivity contribution is -0.118. The van der Waals surface area contributed by atoms with E-state index >= 15 is 0 Å². The molecule has 0 aliphatic carbocycles. The zero-order valence-electron chi connectivity index (χ0n) is 7.32. The highest BCUT2D eigenvalue weighted by Gasteiger charge is 1.89. The first-order valence-corrected chi connectivity index (χ1v) is 3.56. The van der Waals surface area contributed by atoms with E-state index in [1.54, 1.807) is 0 Å². The number of rotatable bonds is 5. The van der Waals surface area contributed by atoms with Crippen molar-refractivity contribution in [3.63, 3.8) is 0 Å². The van der Waals surface area contributed by atoms with Gasteiger partial charge in [-0.3, -0.25) is 4.79 Å². The van der Waals surface area contributed by atoms with Crippen LogP contribution < -0.4 is 5.32 Å². The first kappa shape index (κ1) is 10.5. The summed E-state index contributed by atoms with van der Waals surface area (Å²) in [4.78, 5) is 10.4. The molecule has 0 unspecified atom stereocenters. The number of nitrogens with zero attached hydrogens (tertiary/aromatic N) is 4. The van der Waals surface area contributed by atoms with Crippen molar-refractivity contribution < 1.29 is 4.79 Å². The van der Waals surface area contributed by atoms with E-state index in [1.807, 2.05) is 6.92 Å². The molecule has 6 heteroatoms. The number of hydrazone groups is 1. The predicted molar refractivity (Wildman–Crippen MR) is 45.5 cm³/mol. The summed E-state index contributed by atoms with van der Waals surface area (Å²) in [5.74, 6) is -0.136. The van der Waals surface area contributed by atoms with Crippen LogP contribution in [0.25, 0.3) is 0 Å². The van der Waals surface area contributed by atoms with E-state index in [-0.39, 0.29) is 12.6 Å². The van der Waals surface area contributed by atoms with Gasteiger partial charge in [0.05, 0.1) is 6.54 Å². The summed E-state index contributed by atoms with van der Waals surface area (Å²) < 4.78 is 0. The van der Waals surface area contributed by atoms with Gasteiger partial charge in [0, 0.05) is 13.6 Å². The summed E-state index contributed by atoms with van der Waals surface area (Å²) in [6, 6.07) is 0. The molecule has 0 saturated heterocycles. The molecule has 0 aliphatic rings. The minimum atomic E-state index is -0.136. The van der Waals surface area contributed by atoms with E-state index in [9.17, 15) is 4.79 Å². The lowest BCUT2D eigenvalue weighted by Gasteiger charge is -2.05. The van der Waals surface area contributed by atoms with Gasteiger partial charge in [-0.05, 0) is 6.92 Å². The van der Waals surface area contributed by atoms with Gasteiger partial charge in [0.2, 0.25) is 5.91 Å². The molecule has 1 N–H and O–H groups in total. The first-order valence-electron chi connectivity index (χ1n) is 3.56. The van der Waals surface area contributed by atoms with E-state index in [2.05, 4.69) is 27.5 Å². The van der Waals surface area contributed by atoms with Gasteiger partial charge in [-0.1, -0.05) is 5.22 Å². The van der Waals surface area contributed by atoms with Crippen molar-refractivity contribution in [3.8, 4) is 0 Å². The molecule has 0 heterocycles. The first-order chi connectivity index (χ1) is 5.70. The maximum Gasteiger partial charge on any atom is 0.218 e. The number of hydrogen-bond acceptors (Lipinski definition) is 4. The maximum atomic E-state index is 10.4. The molecule has 0 bridgehead atoms. The Morgan fingerprint density at radius 3 is 2.75 bits per heavy atom. The molecule has 0 atom stereocenters. The van der Waals surface area contributed by atoms with Crippen molar-refractivity contribution in [2.75, 3.05) is 13.2 Å². The molecule has 0 spiro atoms. The third-order valence-corrected chi connectivity index (χ3v) is 1.01. The normalized spacial score (nSPS) is 9.83. The van der Waals surface area contributed by atoms with Crippen LogP contribution in [0.4, 0.5) is 0 Å². The Morgan fingerprint density at radius 2 is 2.33 bits per heavy atom. The van der Waals surface area contributed by atoms with Gasteiger partial charge in [0.25, 0.3) is 0 Å². The summed E-state index contributed by atoms with van der Waals surface area (Å²) in [7, 11) is 0. The summed E-state index contributed by atoms with van der Waals surface area (Å²) >= 11 is 0. The van der Waals surface area contributed by atoms with E-state index in [0.29, 0.717) is 6.54 Å². The molecule has 0 aromatic rings. The number of carbonyl (C=O) groups is 1. The van der Waals surface area contributed by atoms with Gasteiger partial charge < -0.3 is 5.32 Å². The van der Waals surface area contributed by atoms with E-state index in [1.165, 1.54) is 12.0 Å². The van der Waals surface area contributed by atoms with Crippen LogP contribution in [-0.4, -0.2) is 31.0 Å². The summed E-state index contributed by atoms with van der Waals surface area (Å²) in [6.45, 7) is 7.34. The van der Waals surface area contributed by atoms with Crippen molar-refractivity contribution >= 4 is 12.6 Å². The third kappa shape index (κ3) is 5.33. The van der Waals surface area contributed by atoms with Gasteiger partial charge in [-0.2, -0.15) is 10.2 Å².